The zero-order valence-electron chi connectivity index (χ0n) is 18.7. The monoisotopic (exact) mass is 459 g/mol. The maximum atomic E-state index is 14.4. The number of aliphatic hydroxyl groups excluding tert-OH is 1. The molecule has 1 atom stereocenters. The summed E-state index contributed by atoms with van der Waals surface area (Å²) < 4.78 is 21.8. The lowest BCUT2D eigenvalue weighted by atomic mass is 9.88. The van der Waals surface area contributed by atoms with E-state index in [1.54, 1.807) is 13.2 Å². The third-order valence-corrected chi connectivity index (χ3v) is 6.80. The van der Waals surface area contributed by atoms with Crippen molar-refractivity contribution in [2.45, 2.75) is 45.0 Å². The summed E-state index contributed by atoms with van der Waals surface area (Å²) >= 11 is 6.35. The van der Waals surface area contributed by atoms with Gasteiger partial charge in [-0.2, -0.15) is 0 Å². The molecule has 7 heteroatoms. The molecule has 172 valence electrons. The number of hydrogen-bond donors (Lipinski definition) is 2. The molecular formula is C25H31ClFN3O2. The van der Waals surface area contributed by atoms with Gasteiger partial charge in [-0.25, -0.2) is 4.39 Å². The van der Waals surface area contributed by atoms with Crippen LogP contribution in [-0.4, -0.2) is 41.4 Å². The van der Waals surface area contributed by atoms with E-state index in [1.807, 2.05) is 31.3 Å². The van der Waals surface area contributed by atoms with Crippen molar-refractivity contribution in [3.05, 3.63) is 69.6 Å². The van der Waals surface area contributed by atoms with Crippen LogP contribution in [0.5, 0.6) is 0 Å². The van der Waals surface area contributed by atoms with Crippen LogP contribution in [0, 0.1) is 12.7 Å². The van der Waals surface area contributed by atoms with Crippen LogP contribution in [0.15, 0.2) is 36.5 Å². The molecule has 0 spiro atoms. The molecule has 0 bridgehead atoms. The van der Waals surface area contributed by atoms with Crippen molar-refractivity contribution in [2.24, 2.45) is 5.73 Å². The van der Waals surface area contributed by atoms with Gasteiger partial charge in [0, 0.05) is 55.5 Å². The van der Waals surface area contributed by atoms with Gasteiger partial charge < -0.3 is 20.1 Å². The van der Waals surface area contributed by atoms with Crippen molar-refractivity contribution in [2.75, 3.05) is 26.8 Å². The van der Waals surface area contributed by atoms with E-state index in [0.29, 0.717) is 37.8 Å². The number of rotatable bonds is 7. The summed E-state index contributed by atoms with van der Waals surface area (Å²) in [6.07, 6.45) is 2.82. The number of halogens is 2. The van der Waals surface area contributed by atoms with Gasteiger partial charge in [-0.3, -0.25) is 4.90 Å². The Hall–Kier alpha value is -1.96. The largest absolute Gasteiger partial charge is 0.383 e. The van der Waals surface area contributed by atoms with Gasteiger partial charge in [0.25, 0.3) is 0 Å². The van der Waals surface area contributed by atoms with E-state index in [-0.39, 0.29) is 11.7 Å². The van der Waals surface area contributed by atoms with Gasteiger partial charge in [0.15, 0.2) is 0 Å². The van der Waals surface area contributed by atoms with Crippen molar-refractivity contribution in [1.82, 2.24) is 9.47 Å². The lowest BCUT2D eigenvalue weighted by Gasteiger charge is -2.35. The average molecular weight is 460 g/mol. The number of nitrogens with zero attached hydrogens (tertiary/aromatic N) is 2. The number of aryl methyl sites for hydroxylation is 1. The minimum absolute atomic E-state index is 0.129. The van der Waals surface area contributed by atoms with Gasteiger partial charge in [0.2, 0.25) is 0 Å². The van der Waals surface area contributed by atoms with E-state index in [9.17, 15) is 9.50 Å². The molecule has 32 heavy (non-hydrogen) atoms. The summed E-state index contributed by atoms with van der Waals surface area (Å²) in [4.78, 5) is 2.06. The molecule has 3 aromatic rings. The molecule has 5 nitrogen and oxygen atoms in total. The van der Waals surface area contributed by atoms with Crippen molar-refractivity contribution < 1.29 is 14.2 Å². The third-order valence-electron chi connectivity index (χ3n) is 6.58. The fourth-order valence-electron chi connectivity index (χ4n) is 4.90. The SMILES string of the molecule is COCCn1cc(C(O)N2CCC(c3cc(CN)ccc3F)CC2)c2cc(Cl)cc(C)c21. The number of ether oxygens (including phenoxy) is 1. The maximum absolute atomic E-state index is 14.4. The summed E-state index contributed by atoms with van der Waals surface area (Å²) in [5.74, 6) is -0.0442. The first-order valence-electron chi connectivity index (χ1n) is 11.1. The highest BCUT2D eigenvalue weighted by atomic mass is 35.5. The second-order valence-corrected chi connectivity index (χ2v) is 9.07. The van der Waals surface area contributed by atoms with Crippen LogP contribution in [0.4, 0.5) is 4.39 Å². The van der Waals surface area contributed by atoms with Gasteiger partial charge in [-0.1, -0.05) is 23.7 Å². The van der Waals surface area contributed by atoms with Crippen LogP contribution < -0.4 is 5.73 Å². The molecular weight excluding hydrogens is 429 g/mol. The quantitative estimate of drug-likeness (QED) is 0.536. The van der Waals surface area contributed by atoms with Crippen molar-refractivity contribution >= 4 is 22.5 Å². The van der Waals surface area contributed by atoms with E-state index >= 15 is 0 Å². The van der Waals surface area contributed by atoms with E-state index in [2.05, 4.69) is 9.47 Å². The zero-order chi connectivity index (χ0) is 22.8. The van der Waals surface area contributed by atoms with E-state index in [4.69, 9.17) is 22.1 Å². The van der Waals surface area contributed by atoms with E-state index < -0.39 is 6.23 Å². The number of fused-ring (bicyclic) bond motifs is 1. The van der Waals surface area contributed by atoms with Gasteiger partial charge in [-0.05, 0) is 60.6 Å². The van der Waals surface area contributed by atoms with E-state index in [1.165, 1.54) is 6.07 Å². The van der Waals surface area contributed by atoms with Gasteiger partial charge in [0.1, 0.15) is 12.0 Å². The molecule has 1 aliphatic rings. The Morgan fingerprint density at radius 3 is 2.69 bits per heavy atom. The first kappa shape index (κ1) is 23.2. The zero-order valence-corrected chi connectivity index (χ0v) is 19.4. The molecule has 0 amide bonds. The summed E-state index contributed by atoms with van der Waals surface area (Å²) in [6, 6.07) is 9.01. The first-order valence-corrected chi connectivity index (χ1v) is 11.5. The van der Waals surface area contributed by atoms with Crippen LogP contribution in [0.3, 0.4) is 0 Å². The molecule has 1 aromatic heterocycles. The normalized spacial score (nSPS) is 16.7. The van der Waals surface area contributed by atoms with Crippen molar-refractivity contribution in [3.63, 3.8) is 0 Å². The number of aromatic nitrogens is 1. The Morgan fingerprint density at radius 1 is 1.25 bits per heavy atom. The molecule has 1 unspecified atom stereocenters. The predicted molar refractivity (Wildman–Crippen MR) is 126 cm³/mol. The fraction of sp³-hybridized carbons (Fsp3) is 0.440. The molecule has 1 saturated heterocycles. The molecule has 3 N–H and O–H groups in total. The van der Waals surface area contributed by atoms with Crippen LogP contribution in [0.2, 0.25) is 5.02 Å². The molecule has 1 aliphatic heterocycles. The topological polar surface area (TPSA) is 63.7 Å². The number of piperidine rings is 1. The summed E-state index contributed by atoms with van der Waals surface area (Å²) in [5.41, 5.74) is 10.4. The number of hydrogen-bond acceptors (Lipinski definition) is 4. The first-order chi connectivity index (χ1) is 15.4. The van der Waals surface area contributed by atoms with Gasteiger partial charge in [0.05, 0.1) is 12.1 Å². The minimum Gasteiger partial charge on any atom is -0.383 e. The lowest BCUT2D eigenvalue weighted by Crippen LogP contribution is -2.36. The Labute approximate surface area is 193 Å². The van der Waals surface area contributed by atoms with Crippen LogP contribution in [0.1, 0.15) is 47.2 Å². The van der Waals surface area contributed by atoms with Gasteiger partial charge >= 0.3 is 0 Å². The number of benzene rings is 2. The second kappa shape index (κ2) is 9.89. The highest BCUT2D eigenvalue weighted by Crippen LogP contribution is 2.37. The molecule has 2 aromatic carbocycles. The van der Waals surface area contributed by atoms with Crippen LogP contribution in [0.25, 0.3) is 10.9 Å². The maximum Gasteiger partial charge on any atom is 0.135 e. The van der Waals surface area contributed by atoms with Gasteiger partial charge in [-0.15, -0.1) is 0 Å². The number of nitrogens with two attached hydrogens (primary N) is 1. The number of methoxy groups -OCH3 is 1. The molecule has 0 radical (unpaired) electrons. The molecule has 0 saturated carbocycles. The lowest BCUT2D eigenvalue weighted by molar-refractivity contribution is -0.0124. The fourth-order valence-corrected chi connectivity index (χ4v) is 5.17. The Kier molecular flexibility index (Phi) is 7.17. The van der Waals surface area contributed by atoms with Crippen molar-refractivity contribution in [1.29, 1.82) is 0 Å². The van der Waals surface area contributed by atoms with Crippen molar-refractivity contribution in [3.8, 4) is 0 Å². The minimum atomic E-state index is -0.750. The highest BCUT2D eigenvalue weighted by molar-refractivity contribution is 6.31. The molecule has 0 aliphatic carbocycles. The van der Waals surface area contributed by atoms with Crippen LogP contribution in [-0.2, 0) is 17.8 Å². The Morgan fingerprint density at radius 2 is 2.00 bits per heavy atom. The number of likely N-dealkylation sites (tertiary alicyclic amines) is 1. The molecule has 2 heterocycles. The predicted octanol–water partition coefficient (Wildman–Crippen LogP) is 4.72. The van der Waals surface area contributed by atoms with Crippen LogP contribution >= 0.6 is 11.6 Å². The van der Waals surface area contributed by atoms with E-state index in [0.717, 1.165) is 46.0 Å². The molecule has 1 fully saturated rings. The Balaban J connectivity index is 1.56. The smallest absolute Gasteiger partial charge is 0.135 e. The summed E-state index contributed by atoms with van der Waals surface area (Å²) in [7, 11) is 1.68. The highest BCUT2D eigenvalue weighted by Gasteiger charge is 2.29. The average Bonchev–Trinajstić information content (AvgIpc) is 3.16. The standard InChI is InChI=1S/C25H31ClFN3O2/c1-16-11-19(26)13-21-22(15-30(24(16)21)9-10-32-2)25(31)29-7-5-18(6-8-29)20-12-17(14-28)3-4-23(20)27/h3-4,11-13,15,18,25,31H,5-10,14,28H2,1-2H3. The summed E-state index contributed by atoms with van der Waals surface area (Å²) in [6.45, 7) is 5.08. The Bertz CT molecular complexity index is 1090. The molecule has 4 rings (SSSR count). The summed E-state index contributed by atoms with van der Waals surface area (Å²) in [5, 5.41) is 12.9. The third kappa shape index (κ3) is 4.56. The second-order valence-electron chi connectivity index (χ2n) is 8.63. The number of aliphatic hydroxyl groups is 1.